The monoisotopic (exact) mass is 534 g/mol. The summed E-state index contributed by atoms with van der Waals surface area (Å²) >= 11 is 1.61. The summed E-state index contributed by atoms with van der Waals surface area (Å²) in [4.78, 5) is 22.4. The lowest BCUT2D eigenvalue weighted by Crippen LogP contribution is -2.51. The summed E-state index contributed by atoms with van der Waals surface area (Å²) in [7, 11) is 0.0480. The van der Waals surface area contributed by atoms with Gasteiger partial charge < -0.3 is 24.0 Å². The van der Waals surface area contributed by atoms with Crippen molar-refractivity contribution in [3.05, 3.63) is 29.4 Å². The molecule has 0 spiro atoms. The highest BCUT2D eigenvalue weighted by Gasteiger charge is 2.35. The molecule has 0 aliphatic carbocycles. The number of aromatic nitrogens is 4. The number of ether oxygens (including phenoxy) is 3. The molecule has 36 heavy (non-hydrogen) atoms. The minimum Gasteiger partial charge on any atom is -0.481 e. The molecule has 2 aliphatic heterocycles. The number of thiophene rings is 1. The zero-order valence-electron chi connectivity index (χ0n) is 20.5. The van der Waals surface area contributed by atoms with Crippen molar-refractivity contribution in [1.82, 2.24) is 24.8 Å². The van der Waals surface area contributed by atoms with Crippen molar-refractivity contribution in [3.63, 3.8) is 0 Å². The first kappa shape index (κ1) is 25.1. The molecule has 2 fully saturated rings. The highest BCUT2D eigenvalue weighted by Crippen LogP contribution is 2.33. The first-order valence-corrected chi connectivity index (χ1v) is 14.6. The average molecular weight is 535 g/mol. The first-order valence-electron chi connectivity index (χ1n) is 11.8. The van der Waals surface area contributed by atoms with Gasteiger partial charge in [0, 0.05) is 25.5 Å². The van der Waals surface area contributed by atoms with Crippen LogP contribution in [-0.4, -0.2) is 97.8 Å². The van der Waals surface area contributed by atoms with Crippen LogP contribution in [0, 0.1) is 0 Å². The Morgan fingerprint density at radius 3 is 2.64 bits per heavy atom. The zero-order chi connectivity index (χ0) is 25.3. The topological polar surface area (TPSA) is 120 Å². The summed E-state index contributed by atoms with van der Waals surface area (Å²) in [6.45, 7) is 3.22. The van der Waals surface area contributed by atoms with E-state index < -0.39 is 9.84 Å². The highest BCUT2D eigenvalue weighted by atomic mass is 32.2. The summed E-state index contributed by atoms with van der Waals surface area (Å²) in [6.07, 6.45) is 5.60. The molecule has 2 unspecified atom stereocenters. The normalized spacial score (nSPS) is 22.1. The van der Waals surface area contributed by atoms with Gasteiger partial charge in [-0.15, -0.1) is 11.3 Å². The molecule has 0 amide bonds. The third-order valence-corrected chi connectivity index (χ3v) is 9.25. The summed E-state index contributed by atoms with van der Waals surface area (Å²) in [5.74, 6) is 1.04. The van der Waals surface area contributed by atoms with Crippen LogP contribution < -0.4 is 14.4 Å². The van der Waals surface area contributed by atoms with E-state index in [0.29, 0.717) is 57.4 Å². The minimum atomic E-state index is -3.02. The number of nitrogens with zero attached hydrogens (tertiary/aromatic N) is 6. The van der Waals surface area contributed by atoms with Crippen molar-refractivity contribution in [3.8, 4) is 11.9 Å². The van der Waals surface area contributed by atoms with Crippen LogP contribution in [-0.2, 0) is 14.6 Å². The van der Waals surface area contributed by atoms with E-state index in [1.54, 1.807) is 24.6 Å². The third-order valence-electron chi connectivity index (χ3n) is 6.72. The van der Waals surface area contributed by atoms with E-state index >= 15 is 0 Å². The molecule has 0 N–H and O–H groups in total. The van der Waals surface area contributed by atoms with Crippen molar-refractivity contribution >= 4 is 37.3 Å². The molecule has 2 saturated heterocycles. The van der Waals surface area contributed by atoms with Crippen LogP contribution in [0.1, 0.15) is 24.5 Å². The maximum atomic E-state index is 12.0. The fraction of sp³-hybridized carbons (Fsp3) is 0.565. The number of likely N-dealkylation sites (tertiary alicyclic amines) is 1. The number of morpholine rings is 1. The predicted molar refractivity (Wildman–Crippen MR) is 137 cm³/mol. The molecule has 11 nitrogen and oxygen atoms in total. The Labute approximate surface area is 214 Å². The predicted octanol–water partition coefficient (Wildman–Crippen LogP) is 1.95. The van der Waals surface area contributed by atoms with Gasteiger partial charge in [0.25, 0.3) is 0 Å². The molecule has 0 radical (unpaired) electrons. The fourth-order valence-electron chi connectivity index (χ4n) is 4.83. The van der Waals surface area contributed by atoms with E-state index in [9.17, 15) is 8.42 Å². The van der Waals surface area contributed by atoms with Gasteiger partial charge in [-0.3, -0.25) is 0 Å². The van der Waals surface area contributed by atoms with E-state index in [0.717, 1.165) is 15.8 Å². The van der Waals surface area contributed by atoms with Crippen molar-refractivity contribution in [2.24, 2.45) is 0 Å². The highest BCUT2D eigenvalue weighted by molar-refractivity contribution is 7.91. The standard InChI is InChI=1S/C23H30N6O5S2/c1-32-21-17(10-25-23(27-21)33-2)19-14-29(22-24-11-20-18(26-22)6-9-35-20)13-15(34-19)12-28-7-4-16(5-8-28)36(3,30)31/h6,9-11,15-16,19H,4-5,7-8,12-14H2,1-3H3. The Kier molecular flexibility index (Phi) is 7.24. The van der Waals surface area contributed by atoms with Gasteiger partial charge in [0.2, 0.25) is 11.8 Å². The van der Waals surface area contributed by atoms with Gasteiger partial charge in [0.05, 0.1) is 54.1 Å². The van der Waals surface area contributed by atoms with Crippen LogP contribution in [0.2, 0.25) is 0 Å². The molecule has 5 rings (SSSR count). The molecule has 2 aliphatic rings. The number of hydrogen-bond donors (Lipinski definition) is 0. The van der Waals surface area contributed by atoms with Crippen LogP contribution in [0.5, 0.6) is 11.9 Å². The molecule has 2 atom stereocenters. The Balaban J connectivity index is 1.39. The van der Waals surface area contributed by atoms with Gasteiger partial charge in [-0.25, -0.2) is 23.4 Å². The van der Waals surface area contributed by atoms with Crippen LogP contribution in [0.25, 0.3) is 10.2 Å². The maximum absolute atomic E-state index is 12.0. The molecule has 0 aromatic carbocycles. The molecular formula is C23H30N6O5S2. The molecule has 0 bridgehead atoms. The number of sulfone groups is 1. The Bertz CT molecular complexity index is 1310. The lowest BCUT2D eigenvalue weighted by Gasteiger charge is -2.41. The smallest absolute Gasteiger partial charge is 0.319 e. The first-order chi connectivity index (χ1) is 17.3. The molecule has 3 aromatic heterocycles. The summed E-state index contributed by atoms with van der Waals surface area (Å²) in [5, 5.41) is 1.74. The second-order valence-electron chi connectivity index (χ2n) is 9.14. The van der Waals surface area contributed by atoms with Gasteiger partial charge >= 0.3 is 6.01 Å². The van der Waals surface area contributed by atoms with E-state index in [2.05, 4.69) is 24.8 Å². The van der Waals surface area contributed by atoms with Crippen LogP contribution >= 0.6 is 11.3 Å². The second kappa shape index (κ2) is 10.4. The van der Waals surface area contributed by atoms with Gasteiger partial charge in [-0.05, 0) is 37.4 Å². The van der Waals surface area contributed by atoms with Gasteiger partial charge in [0.15, 0.2) is 0 Å². The van der Waals surface area contributed by atoms with E-state index in [4.69, 9.17) is 19.2 Å². The summed E-state index contributed by atoms with van der Waals surface area (Å²) in [5.41, 5.74) is 1.64. The Morgan fingerprint density at radius 2 is 1.92 bits per heavy atom. The van der Waals surface area contributed by atoms with E-state index in [1.807, 2.05) is 17.6 Å². The molecule has 3 aromatic rings. The lowest BCUT2D eigenvalue weighted by molar-refractivity contribution is -0.0461. The summed E-state index contributed by atoms with van der Waals surface area (Å²) in [6, 6.07) is 2.21. The number of fused-ring (bicyclic) bond motifs is 1. The van der Waals surface area contributed by atoms with E-state index in [1.165, 1.54) is 13.4 Å². The maximum Gasteiger partial charge on any atom is 0.319 e. The number of hydrogen-bond acceptors (Lipinski definition) is 12. The average Bonchev–Trinajstić information content (AvgIpc) is 3.36. The van der Waals surface area contributed by atoms with Gasteiger partial charge in [-0.1, -0.05) is 0 Å². The van der Waals surface area contributed by atoms with Crippen LogP contribution in [0.4, 0.5) is 5.95 Å². The van der Waals surface area contributed by atoms with Crippen molar-refractivity contribution < 1.29 is 22.6 Å². The van der Waals surface area contributed by atoms with Crippen molar-refractivity contribution in [2.45, 2.75) is 30.3 Å². The Hall–Kier alpha value is -2.61. The zero-order valence-corrected chi connectivity index (χ0v) is 22.2. The minimum absolute atomic E-state index is 0.160. The molecule has 0 saturated carbocycles. The molecule has 5 heterocycles. The molecule has 13 heteroatoms. The quantitative estimate of drug-likeness (QED) is 0.442. The van der Waals surface area contributed by atoms with Crippen LogP contribution in [0.3, 0.4) is 0 Å². The molecule has 194 valence electrons. The molecular weight excluding hydrogens is 504 g/mol. The van der Waals surface area contributed by atoms with Crippen molar-refractivity contribution in [1.29, 1.82) is 0 Å². The van der Waals surface area contributed by atoms with Gasteiger partial charge in [0.1, 0.15) is 15.9 Å². The summed E-state index contributed by atoms with van der Waals surface area (Å²) < 4.78 is 42.2. The largest absolute Gasteiger partial charge is 0.481 e. The van der Waals surface area contributed by atoms with Crippen LogP contribution in [0.15, 0.2) is 23.8 Å². The second-order valence-corrected chi connectivity index (χ2v) is 12.4. The number of piperidine rings is 1. The van der Waals surface area contributed by atoms with E-state index in [-0.39, 0.29) is 23.5 Å². The third kappa shape index (κ3) is 5.38. The van der Waals surface area contributed by atoms with Gasteiger partial charge in [-0.2, -0.15) is 4.98 Å². The fourth-order valence-corrected chi connectivity index (χ4v) is 6.59. The number of methoxy groups -OCH3 is 2. The Morgan fingerprint density at radius 1 is 1.11 bits per heavy atom. The van der Waals surface area contributed by atoms with Crippen molar-refractivity contribution in [2.75, 3.05) is 58.1 Å². The number of anilines is 1. The SMILES string of the molecule is COc1ncc(C2CN(c3ncc4sccc4n3)CC(CN3CCC(S(C)(=O)=O)CC3)O2)c(OC)n1. The lowest BCUT2D eigenvalue weighted by atomic mass is 10.1. The number of rotatable bonds is 7.